The molecule has 0 amide bonds. The Balaban J connectivity index is 3.32. The molecule has 0 saturated carbocycles. The smallest absolute Gasteiger partial charge is 0.227 e. The molecule has 2 nitrogen and oxygen atoms in total. The molecular formula is C19H35NO. The average Bonchev–Trinajstić information content (AvgIpc) is 2.45. The van der Waals surface area contributed by atoms with Gasteiger partial charge in [0.1, 0.15) is 0 Å². The SMILES string of the molecule is [C-]#[N+]C(C)(C)CCCC(C)CCOCCCCCCC=C. The molecule has 0 aromatic carbocycles. The highest BCUT2D eigenvalue weighted by atomic mass is 16.5. The topological polar surface area (TPSA) is 13.6 Å². The first-order chi connectivity index (χ1) is 10.0. The van der Waals surface area contributed by atoms with Gasteiger partial charge in [0.15, 0.2) is 0 Å². The average molecular weight is 293 g/mol. The van der Waals surface area contributed by atoms with E-state index in [9.17, 15) is 0 Å². The van der Waals surface area contributed by atoms with Crippen molar-refractivity contribution in [1.29, 1.82) is 0 Å². The van der Waals surface area contributed by atoms with E-state index >= 15 is 0 Å². The van der Waals surface area contributed by atoms with Crippen molar-refractivity contribution >= 4 is 0 Å². The molecule has 0 aromatic rings. The van der Waals surface area contributed by atoms with Gasteiger partial charge in [-0.2, -0.15) is 0 Å². The zero-order chi connectivity index (χ0) is 16.0. The third-order valence-corrected chi connectivity index (χ3v) is 3.99. The molecule has 1 unspecified atom stereocenters. The number of hydrogen-bond donors (Lipinski definition) is 0. The van der Waals surface area contributed by atoms with E-state index in [2.05, 4.69) is 18.3 Å². The highest BCUT2D eigenvalue weighted by Crippen LogP contribution is 2.20. The third-order valence-electron chi connectivity index (χ3n) is 3.99. The number of allylic oxidation sites excluding steroid dienone is 1. The predicted molar refractivity (Wildman–Crippen MR) is 92.4 cm³/mol. The maximum absolute atomic E-state index is 7.12. The Morgan fingerprint density at radius 3 is 2.48 bits per heavy atom. The second-order valence-electron chi connectivity index (χ2n) is 6.81. The van der Waals surface area contributed by atoms with E-state index in [1.54, 1.807) is 0 Å². The number of unbranched alkanes of at least 4 members (excludes halogenated alkanes) is 4. The van der Waals surface area contributed by atoms with Crippen molar-refractivity contribution < 1.29 is 4.74 Å². The zero-order valence-corrected chi connectivity index (χ0v) is 14.5. The predicted octanol–water partition coefficient (Wildman–Crippen LogP) is 6.03. The number of hydrogen-bond acceptors (Lipinski definition) is 1. The van der Waals surface area contributed by atoms with Crippen molar-refractivity contribution in [2.45, 2.75) is 84.1 Å². The van der Waals surface area contributed by atoms with Crippen LogP contribution in [0, 0.1) is 12.5 Å². The monoisotopic (exact) mass is 293 g/mol. The Hall–Kier alpha value is -0.810. The molecular weight excluding hydrogens is 258 g/mol. The molecule has 0 heterocycles. The van der Waals surface area contributed by atoms with Gasteiger partial charge in [-0.3, -0.25) is 0 Å². The highest BCUT2D eigenvalue weighted by Gasteiger charge is 2.21. The summed E-state index contributed by atoms with van der Waals surface area (Å²) >= 11 is 0. The van der Waals surface area contributed by atoms with E-state index in [0.29, 0.717) is 5.92 Å². The first kappa shape index (κ1) is 20.2. The summed E-state index contributed by atoms with van der Waals surface area (Å²) < 4.78 is 5.71. The molecule has 0 saturated heterocycles. The standard InChI is InChI=1S/C19H35NO/c1-6-7-8-9-10-11-16-21-17-14-18(2)13-12-15-19(3,4)20-5/h6,18H,1,7-17H2,2-4H3. The number of nitrogens with zero attached hydrogens (tertiary/aromatic N) is 1. The molecule has 0 radical (unpaired) electrons. The van der Waals surface area contributed by atoms with E-state index < -0.39 is 0 Å². The Bertz CT molecular complexity index is 290. The van der Waals surface area contributed by atoms with Gasteiger partial charge in [0.05, 0.1) is 0 Å². The van der Waals surface area contributed by atoms with Gasteiger partial charge in [0.2, 0.25) is 5.54 Å². The van der Waals surface area contributed by atoms with Gasteiger partial charge in [-0.1, -0.05) is 32.3 Å². The van der Waals surface area contributed by atoms with Crippen LogP contribution in [0.5, 0.6) is 0 Å². The van der Waals surface area contributed by atoms with Crippen LogP contribution in [-0.4, -0.2) is 18.8 Å². The first-order valence-corrected chi connectivity index (χ1v) is 8.59. The summed E-state index contributed by atoms with van der Waals surface area (Å²) in [5, 5.41) is 0. The molecule has 0 aliphatic heterocycles. The minimum atomic E-state index is -0.179. The van der Waals surface area contributed by atoms with Gasteiger partial charge in [0.25, 0.3) is 0 Å². The third kappa shape index (κ3) is 13.9. The summed E-state index contributed by atoms with van der Waals surface area (Å²) in [5.74, 6) is 0.708. The second-order valence-corrected chi connectivity index (χ2v) is 6.81. The Labute approximate surface area is 132 Å². The van der Waals surface area contributed by atoms with Gasteiger partial charge in [-0.15, -0.1) is 6.58 Å². The van der Waals surface area contributed by atoms with Crippen molar-refractivity contribution in [3.63, 3.8) is 0 Å². The van der Waals surface area contributed by atoms with Crippen molar-refractivity contribution in [3.05, 3.63) is 24.1 Å². The maximum atomic E-state index is 7.12. The molecule has 0 bridgehead atoms. The molecule has 0 N–H and O–H groups in total. The summed E-state index contributed by atoms with van der Waals surface area (Å²) in [4.78, 5) is 3.66. The zero-order valence-electron chi connectivity index (χ0n) is 14.5. The van der Waals surface area contributed by atoms with Crippen molar-refractivity contribution in [2.24, 2.45) is 5.92 Å². The fraction of sp³-hybridized carbons (Fsp3) is 0.842. The summed E-state index contributed by atoms with van der Waals surface area (Å²) in [7, 11) is 0. The fourth-order valence-corrected chi connectivity index (χ4v) is 2.32. The van der Waals surface area contributed by atoms with Crippen LogP contribution >= 0.6 is 0 Å². The van der Waals surface area contributed by atoms with Crippen LogP contribution in [0.3, 0.4) is 0 Å². The lowest BCUT2D eigenvalue weighted by Crippen LogP contribution is -2.14. The van der Waals surface area contributed by atoms with Crippen LogP contribution in [0.1, 0.15) is 78.6 Å². The van der Waals surface area contributed by atoms with Crippen LogP contribution in [0.2, 0.25) is 0 Å². The lowest BCUT2D eigenvalue weighted by atomic mass is 9.94. The van der Waals surface area contributed by atoms with Crippen molar-refractivity contribution in [1.82, 2.24) is 0 Å². The van der Waals surface area contributed by atoms with Gasteiger partial charge < -0.3 is 9.58 Å². The molecule has 0 aliphatic rings. The molecule has 21 heavy (non-hydrogen) atoms. The van der Waals surface area contributed by atoms with Crippen LogP contribution in [0.15, 0.2) is 12.7 Å². The molecule has 0 aromatic heterocycles. The minimum absolute atomic E-state index is 0.179. The molecule has 1 atom stereocenters. The van der Waals surface area contributed by atoms with Gasteiger partial charge in [0, 0.05) is 33.5 Å². The van der Waals surface area contributed by atoms with Crippen molar-refractivity contribution in [3.8, 4) is 0 Å². The Morgan fingerprint density at radius 1 is 1.10 bits per heavy atom. The van der Waals surface area contributed by atoms with Crippen LogP contribution in [0.25, 0.3) is 4.85 Å². The van der Waals surface area contributed by atoms with Gasteiger partial charge in [-0.05, 0) is 38.0 Å². The quantitative estimate of drug-likeness (QED) is 0.216. The molecule has 0 aliphatic carbocycles. The lowest BCUT2D eigenvalue weighted by Gasteiger charge is -2.14. The van der Waals surface area contributed by atoms with E-state index in [1.807, 2.05) is 19.9 Å². The minimum Gasteiger partial charge on any atom is -0.381 e. The normalized spacial score (nSPS) is 12.9. The largest absolute Gasteiger partial charge is 0.381 e. The second kappa shape index (κ2) is 12.9. The van der Waals surface area contributed by atoms with Crippen LogP contribution in [-0.2, 0) is 4.74 Å². The fourth-order valence-electron chi connectivity index (χ4n) is 2.32. The molecule has 0 rings (SSSR count). The Morgan fingerprint density at radius 2 is 1.81 bits per heavy atom. The molecule has 0 spiro atoms. The molecule has 0 fully saturated rings. The number of rotatable bonds is 14. The summed E-state index contributed by atoms with van der Waals surface area (Å²) in [6.45, 7) is 19.0. The van der Waals surface area contributed by atoms with Crippen LogP contribution < -0.4 is 0 Å². The van der Waals surface area contributed by atoms with Crippen molar-refractivity contribution in [2.75, 3.05) is 13.2 Å². The summed E-state index contributed by atoms with van der Waals surface area (Å²) in [6.07, 6.45) is 12.7. The highest BCUT2D eigenvalue weighted by molar-refractivity contribution is 4.89. The van der Waals surface area contributed by atoms with E-state index in [-0.39, 0.29) is 5.54 Å². The maximum Gasteiger partial charge on any atom is 0.227 e. The van der Waals surface area contributed by atoms with E-state index in [0.717, 1.165) is 38.9 Å². The Kier molecular flexibility index (Phi) is 12.4. The van der Waals surface area contributed by atoms with Crippen LogP contribution in [0.4, 0.5) is 0 Å². The van der Waals surface area contributed by atoms with Gasteiger partial charge >= 0.3 is 0 Å². The molecule has 2 heteroatoms. The first-order valence-electron chi connectivity index (χ1n) is 8.59. The lowest BCUT2D eigenvalue weighted by molar-refractivity contribution is 0.116. The van der Waals surface area contributed by atoms with E-state index in [4.69, 9.17) is 11.3 Å². The summed E-state index contributed by atoms with van der Waals surface area (Å²) in [5.41, 5.74) is -0.179. The number of ether oxygens (including phenoxy) is 1. The molecule has 122 valence electrons. The summed E-state index contributed by atoms with van der Waals surface area (Å²) in [6, 6.07) is 0. The van der Waals surface area contributed by atoms with Gasteiger partial charge in [-0.25, -0.2) is 6.57 Å². The van der Waals surface area contributed by atoms with E-state index in [1.165, 1.54) is 32.1 Å².